The number of thiazole rings is 1. The molecule has 0 unspecified atom stereocenters. The van der Waals surface area contributed by atoms with E-state index in [2.05, 4.69) is 20.4 Å². The highest BCUT2D eigenvalue weighted by atomic mass is 32.1. The molecule has 2 N–H and O–H groups in total. The third-order valence-electron chi connectivity index (χ3n) is 3.34. The molecular weight excluding hydrogens is 398 g/mol. The van der Waals surface area contributed by atoms with E-state index in [0.717, 1.165) is 0 Å². The molecule has 28 heavy (non-hydrogen) atoms. The van der Waals surface area contributed by atoms with Crippen LogP contribution in [-0.2, 0) is 11.2 Å². The van der Waals surface area contributed by atoms with Crippen LogP contribution in [0.3, 0.4) is 0 Å². The fourth-order valence-corrected chi connectivity index (χ4v) is 2.98. The quantitative estimate of drug-likeness (QED) is 0.554. The van der Waals surface area contributed by atoms with E-state index in [4.69, 9.17) is 0 Å². The molecule has 0 bridgehead atoms. The van der Waals surface area contributed by atoms with Gasteiger partial charge in [-0.15, -0.1) is 24.5 Å². The lowest BCUT2D eigenvalue weighted by molar-refractivity contribution is -0.274. The van der Waals surface area contributed by atoms with Crippen LogP contribution in [0.25, 0.3) is 0 Å². The van der Waals surface area contributed by atoms with Gasteiger partial charge in [-0.3, -0.25) is 4.79 Å². The maximum absolute atomic E-state index is 13.1. The Labute approximate surface area is 161 Å². The van der Waals surface area contributed by atoms with Gasteiger partial charge in [0, 0.05) is 16.8 Å². The van der Waals surface area contributed by atoms with Crippen LogP contribution in [0.4, 0.5) is 34.1 Å². The Morgan fingerprint density at radius 3 is 2.54 bits per heavy atom. The normalized spacial score (nSPS) is 11.1. The van der Waals surface area contributed by atoms with Crippen molar-refractivity contribution in [3.05, 3.63) is 65.4 Å². The highest BCUT2D eigenvalue weighted by molar-refractivity contribution is 7.13. The summed E-state index contributed by atoms with van der Waals surface area (Å²) in [6, 6.07) is 10.7. The molecule has 3 aromatic rings. The van der Waals surface area contributed by atoms with Gasteiger partial charge >= 0.3 is 6.36 Å². The van der Waals surface area contributed by atoms with Crippen molar-refractivity contribution in [1.82, 2.24) is 4.98 Å². The van der Waals surface area contributed by atoms with Crippen LogP contribution in [-0.4, -0.2) is 17.3 Å². The average molecular weight is 411 g/mol. The molecule has 1 heterocycles. The molecule has 3 rings (SSSR count). The summed E-state index contributed by atoms with van der Waals surface area (Å²) in [6.07, 6.45) is -4.75. The lowest BCUT2D eigenvalue weighted by Crippen LogP contribution is -2.16. The predicted molar refractivity (Wildman–Crippen MR) is 97.3 cm³/mol. The zero-order valence-electron chi connectivity index (χ0n) is 14.1. The molecule has 0 aliphatic carbocycles. The number of carbonyl (C=O) groups excluding carboxylic acids is 1. The number of anilines is 3. The molecule has 146 valence electrons. The third kappa shape index (κ3) is 5.95. The Balaban J connectivity index is 1.56. The minimum absolute atomic E-state index is 0.00689. The van der Waals surface area contributed by atoms with Crippen molar-refractivity contribution >= 4 is 33.8 Å². The topological polar surface area (TPSA) is 63.2 Å². The fourth-order valence-electron chi connectivity index (χ4n) is 2.24. The number of amides is 1. The molecule has 0 spiro atoms. The zero-order chi connectivity index (χ0) is 20.1. The summed E-state index contributed by atoms with van der Waals surface area (Å²) < 4.78 is 53.4. The maximum Gasteiger partial charge on any atom is 0.573 e. The third-order valence-corrected chi connectivity index (χ3v) is 4.15. The van der Waals surface area contributed by atoms with Crippen molar-refractivity contribution in [3.63, 3.8) is 0 Å². The first-order valence-electron chi connectivity index (χ1n) is 7.89. The molecule has 0 fully saturated rings. The maximum atomic E-state index is 13.1. The summed E-state index contributed by atoms with van der Waals surface area (Å²) in [5.74, 6) is -1.13. The predicted octanol–water partition coefficient (Wildman–Crippen LogP) is 5.11. The van der Waals surface area contributed by atoms with Crippen molar-refractivity contribution in [1.29, 1.82) is 0 Å². The Bertz CT molecular complexity index is 958. The second-order valence-electron chi connectivity index (χ2n) is 5.58. The van der Waals surface area contributed by atoms with E-state index in [9.17, 15) is 22.4 Å². The van der Waals surface area contributed by atoms with Gasteiger partial charge in [0.2, 0.25) is 5.91 Å². The number of halogens is 4. The molecule has 10 heteroatoms. The molecule has 1 aromatic heterocycles. The highest BCUT2D eigenvalue weighted by Crippen LogP contribution is 2.26. The van der Waals surface area contributed by atoms with Gasteiger partial charge in [0.05, 0.1) is 12.1 Å². The molecule has 0 radical (unpaired) electrons. The average Bonchev–Trinajstić information content (AvgIpc) is 3.02. The minimum atomic E-state index is -4.74. The molecule has 0 aliphatic rings. The molecular formula is C18H13F4N3O2S. The molecule has 5 nitrogen and oxygen atoms in total. The monoisotopic (exact) mass is 411 g/mol. The van der Waals surface area contributed by atoms with Crippen molar-refractivity contribution in [2.75, 3.05) is 10.6 Å². The Hall–Kier alpha value is -3.14. The zero-order valence-corrected chi connectivity index (χ0v) is 14.9. The van der Waals surface area contributed by atoms with Crippen LogP contribution in [0.2, 0.25) is 0 Å². The number of alkyl halides is 3. The number of aromatic nitrogens is 1. The van der Waals surface area contributed by atoms with Crippen LogP contribution in [0, 0.1) is 5.82 Å². The lowest BCUT2D eigenvalue weighted by atomic mass is 10.3. The summed E-state index contributed by atoms with van der Waals surface area (Å²) in [7, 11) is 0. The van der Waals surface area contributed by atoms with Gasteiger partial charge in [0.25, 0.3) is 0 Å². The standard InChI is InChI=1S/C18H13F4N3O2S/c19-11-2-1-3-13(8-11)23-16(26)9-14-10-28-17(25-14)24-12-4-6-15(7-5-12)27-18(20,21)22/h1-8,10H,9H2,(H,23,26)(H,24,25). The number of rotatable bonds is 6. The van der Waals surface area contributed by atoms with E-state index >= 15 is 0 Å². The molecule has 2 aromatic carbocycles. The summed E-state index contributed by atoms with van der Waals surface area (Å²) in [6.45, 7) is 0. The van der Waals surface area contributed by atoms with Gasteiger partial charge in [0.1, 0.15) is 11.6 Å². The lowest BCUT2D eigenvalue weighted by Gasteiger charge is -2.09. The van der Waals surface area contributed by atoms with Crippen molar-refractivity contribution in [2.24, 2.45) is 0 Å². The van der Waals surface area contributed by atoms with Gasteiger partial charge in [-0.2, -0.15) is 0 Å². The summed E-state index contributed by atoms with van der Waals surface area (Å²) in [4.78, 5) is 16.3. The number of hydrogen-bond acceptors (Lipinski definition) is 5. The van der Waals surface area contributed by atoms with E-state index in [-0.39, 0.29) is 18.1 Å². The van der Waals surface area contributed by atoms with Crippen molar-refractivity contribution in [3.8, 4) is 5.75 Å². The van der Waals surface area contributed by atoms with Gasteiger partial charge < -0.3 is 15.4 Å². The number of benzene rings is 2. The molecule has 0 saturated heterocycles. The number of ether oxygens (including phenoxy) is 1. The SMILES string of the molecule is O=C(Cc1csc(Nc2ccc(OC(F)(F)F)cc2)n1)Nc1cccc(F)c1. The number of nitrogens with zero attached hydrogens (tertiary/aromatic N) is 1. The van der Waals surface area contributed by atoms with Crippen molar-refractivity contribution < 1.29 is 27.1 Å². The Morgan fingerprint density at radius 2 is 1.86 bits per heavy atom. The molecule has 0 aliphatic heterocycles. The largest absolute Gasteiger partial charge is 0.573 e. The Kier molecular flexibility index (Phi) is 5.78. The first kappa shape index (κ1) is 19.6. The molecule has 1 amide bonds. The van der Waals surface area contributed by atoms with Crippen LogP contribution in [0.15, 0.2) is 53.9 Å². The van der Waals surface area contributed by atoms with Gasteiger partial charge in [-0.25, -0.2) is 9.37 Å². The van der Waals surface area contributed by atoms with E-state index in [1.54, 1.807) is 11.4 Å². The van der Waals surface area contributed by atoms with Gasteiger partial charge in [-0.05, 0) is 42.5 Å². The molecule has 0 atom stereocenters. The minimum Gasteiger partial charge on any atom is -0.406 e. The van der Waals surface area contributed by atoms with Gasteiger partial charge in [0.15, 0.2) is 5.13 Å². The van der Waals surface area contributed by atoms with Crippen LogP contribution in [0.1, 0.15) is 5.69 Å². The number of carbonyl (C=O) groups is 1. The second-order valence-corrected chi connectivity index (χ2v) is 6.43. The van der Waals surface area contributed by atoms with Crippen LogP contribution in [0.5, 0.6) is 5.75 Å². The smallest absolute Gasteiger partial charge is 0.406 e. The first-order valence-corrected chi connectivity index (χ1v) is 8.77. The van der Waals surface area contributed by atoms with E-state index in [0.29, 0.717) is 22.2 Å². The summed E-state index contributed by atoms with van der Waals surface area (Å²) >= 11 is 1.24. The van der Waals surface area contributed by atoms with E-state index in [1.807, 2.05) is 0 Å². The summed E-state index contributed by atoms with van der Waals surface area (Å²) in [5, 5.41) is 7.65. The highest BCUT2D eigenvalue weighted by Gasteiger charge is 2.30. The van der Waals surface area contributed by atoms with Gasteiger partial charge in [-0.1, -0.05) is 6.07 Å². The second kappa shape index (κ2) is 8.26. The van der Waals surface area contributed by atoms with Crippen molar-refractivity contribution in [2.45, 2.75) is 12.8 Å². The molecule has 0 saturated carbocycles. The van der Waals surface area contributed by atoms with Crippen LogP contribution >= 0.6 is 11.3 Å². The van der Waals surface area contributed by atoms with Crippen LogP contribution < -0.4 is 15.4 Å². The summed E-state index contributed by atoms with van der Waals surface area (Å²) in [5.41, 5.74) is 1.36. The first-order chi connectivity index (χ1) is 13.3. The number of hydrogen-bond donors (Lipinski definition) is 2. The van der Waals surface area contributed by atoms with E-state index in [1.165, 1.54) is 53.8 Å². The van der Waals surface area contributed by atoms with E-state index < -0.39 is 12.2 Å². The Morgan fingerprint density at radius 1 is 1.11 bits per heavy atom. The number of nitrogens with one attached hydrogen (secondary N) is 2. The fraction of sp³-hybridized carbons (Fsp3) is 0.111.